The van der Waals surface area contributed by atoms with Gasteiger partial charge in [0.2, 0.25) is 0 Å². The summed E-state index contributed by atoms with van der Waals surface area (Å²) in [5.74, 6) is 0.807. The Labute approximate surface area is 108 Å². The van der Waals surface area contributed by atoms with Crippen LogP contribution in [0.3, 0.4) is 0 Å². The Balaban J connectivity index is 3.04. The van der Waals surface area contributed by atoms with Gasteiger partial charge in [-0.3, -0.25) is 0 Å². The Morgan fingerprint density at radius 3 is 2.82 bits per heavy atom. The first-order valence-electron chi connectivity index (χ1n) is 5.46. The molecule has 94 valence electrons. The third-order valence-electron chi connectivity index (χ3n) is 2.68. The van der Waals surface area contributed by atoms with Crippen molar-refractivity contribution in [3.63, 3.8) is 0 Å². The van der Waals surface area contributed by atoms with Gasteiger partial charge in [-0.1, -0.05) is 12.2 Å². The lowest BCUT2D eigenvalue weighted by Gasteiger charge is -2.24. The molecule has 1 heterocycles. The zero-order valence-electron chi connectivity index (χ0n) is 10.7. The van der Waals surface area contributed by atoms with Crippen LogP contribution in [0.2, 0.25) is 0 Å². The molecule has 17 heavy (non-hydrogen) atoms. The van der Waals surface area contributed by atoms with E-state index >= 15 is 0 Å². The van der Waals surface area contributed by atoms with Crippen molar-refractivity contribution in [2.45, 2.75) is 20.0 Å². The van der Waals surface area contributed by atoms with Gasteiger partial charge in [0.15, 0.2) is 0 Å². The first kappa shape index (κ1) is 13.9. The van der Waals surface area contributed by atoms with Gasteiger partial charge < -0.3 is 15.4 Å². The van der Waals surface area contributed by atoms with Gasteiger partial charge in [0.05, 0.1) is 11.7 Å². The number of rotatable bonds is 5. The van der Waals surface area contributed by atoms with Crippen molar-refractivity contribution in [2.24, 2.45) is 5.73 Å². The van der Waals surface area contributed by atoms with Crippen molar-refractivity contribution in [3.8, 4) is 0 Å². The lowest BCUT2D eigenvalue weighted by atomic mass is 10.1. The predicted octanol–water partition coefficient (Wildman–Crippen LogP) is 1.50. The van der Waals surface area contributed by atoms with Gasteiger partial charge in [-0.25, -0.2) is 4.98 Å². The smallest absolute Gasteiger partial charge is 0.138 e. The lowest BCUT2D eigenvalue weighted by molar-refractivity contribution is 0.124. The Morgan fingerprint density at radius 1 is 1.65 bits per heavy atom. The van der Waals surface area contributed by atoms with Gasteiger partial charge in [0.1, 0.15) is 10.8 Å². The normalized spacial score (nSPS) is 12.2. The molecule has 0 aliphatic rings. The van der Waals surface area contributed by atoms with Gasteiger partial charge in [0.25, 0.3) is 0 Å². The summed E-state index contributed by atoms with van der Waals surface area (Å²) in [7, 11) is 3.65. The van der Waals surface area contributed by atoms with E-state index in [9.17, 15) is 0 Å². The first-order chi connectivity index (χ1) is 7.97. The van der Waals surface area contributed by atoms with Crippen molar-refractivity contribution in [1.29, 1.82) is 0 Å². The number of likely N-dealkylation sites (N-methyl/N-ethyl adjacent to an activating group) is 1. The second kappa shape index (κ2) is 5.93. The molecule has 1 unspecified atom stereocenters. The molecule has 4 nitrogen and oxygen atoms in total. The standard InChI is InChI=1S/C12H19N3OS/c1-8-5-6-14-12(10(8)11(13)17)15(3)7-9(2)16-4/h5-6,9H,7H2,1-4H3,(H2,13,17). The van der Waals surface area contributed by atoms with E-state index in [2.05, 4.69) is 4.98 Å². The minimum Gasteiger partial charge on any atom is -0.389 e. The third kappa shape index (κ3) is 3.38. The molecule has 0 radical (unpaired) electrons. The quantitative estimate of drug-likeness (QED) is 0.806. The second-order valence-corrected chi connectivity index (χ2v) is 4.56. The molecule has 0 aromatic carbocycles. The number of aryl methyl sites for hydroxylation is 1. The van der Waals surface area contributed by atoms with Crippen molar-refractivity contribution in [2.75, 3.05) is 25.6 Å². The highest BCUT2D eigenvalue weighted by Gasteiger charge is 2.15. The number of anilines is 1. The summed E-state index contributed by atoms with van der Waals surface area (Å²) in [6.45, 7) is 4.72. The maximum Gasteiger partial charge on any atom is 0.138 e. The largest absolute Gasteiger partial charge is 0.389 e. The topological polar surface area (TPSA) is 51.4 Å². The molecular weight excluding hydrogens is 234 g/mol. The van der Waals surface area contributed by atoms with Crippen LogP contribution in [0, 0.1) is 6.92 Å². The van der Waals surface area contributed by atoms with Gasteiger partial charge >= 0.3 is 0 Å². The molecule has 1 atom stereocenters. The van der Waals surface area contributed by atoms with Crippen molar-refractivity contribution in [3.05, 3.63) is 23.4 Å². The number of nitrogens with zero attached hydrogens (tertiary/aromatic N) is 2. The molecule has 5 heteroatoms. The molecule has 2 N–H and O–H groups in total. The summed E-state index contributed by atoms with van der Waals surface area (Å²) in [6, 6.07) is 1.91. The summed E-state index contributed by atoms with van der Waals surface area (Å²) in [5.41, 5.74) is 7.63. The molecule has 0 amide bonds. The van der Waals surface area contributed by atoms with E-state index in [4.69, 9.17) is 22.7 Å². The number of pyridine rings is 1. The number of hydrogen-bond donors (Lipinski definition) is 1. The lowest BCUT2D eigenvalue weighted by Crippen LogP contribution is -2.31. The third-order valence-corrected chi connectivity index (χ3v) is 2.88. The highest BCUT2D eigenvalue weighted by atomic mass is 32.1. The van der Waals surface area contributed by atoms with Crippen LogP contribution in [-0.4, -0.2) is 36.8 Å². The van der Waals surface area contributed by atoms with E-state index in [-0.39, 0.29) is 6.10 Å². The number of thiocarbonyl (C=S) groups is 1. The SMILES string of the molecule is COC(C)CN(C)c1nccc(C)c1C(N)=S. The number of aromatic nitrogens is 1. The maximum absolute atomic E-state index is 5.75. The fourth-order valence-corrected chi connectivity index (χ4v) is 1.94. The molecule has 1 aromatic heterocycles. The molecule has 0 saturated carbocycles. The van der Waals surface area contributed by atoms with Crippen molar-refractivity contribution >= 4 is 23.0 Å². The van der Waals surface area contributed by atoms with Crippen LogP contribution in [0.15, 0.2) is 12.3 Å². The molecular formula is C12H19N3OS. The van der Waals surface area contributed by atoms with Gasteiger partial charge in [-0.15, -0.1) is 0 Å². The number of methoxy groups -OCH3 is 1. The van der Waals surface area contributed by atoms with Crippen molar-refractivity contribution in [1.82, 2.24) is 4.98 Å². The van der Waals surface area contributed by atoms with E-state index in [1.807, 2.05) is 31.9 Å². The first-order valence-corrected chi connectivity index (χ1v) is 5.87. The molecule has 0 fully saturated rings. The van der Waals surface area contributed by atoms with E-state index in [0.717, 1.165) is 23.5 Å². The number of nitrogens with two attached hydrogens (primary N) is 1. The number of hydrogen-bond acceptors (Lipinski definition) is 4. The Kier molecular flexibility index (Phi) is 4.84. The zero-order valence-corrected chi connectivity index (χ0v) is 11.5. The van der Waals surface area contributed by atoms with E-state index in [1.165, 1.54) is 0 Å². The fraction of sp³-hybridized carbons (Fsp3) is 0.500. The Morgan fingerprint density at radius 2 is 2.29 bits per heavy atom. The predicted molar refractivity (Wildman–Crippen MR) is 74.6 cm³/mol. The second-order valence-electron chi connectivity index (χ2n) is 4.12. The molecule has 0 bridgehead atoms. The molecule has 1 aromatic rings. The summed E-state index contributed by atoms with van der Waals surface area (Å²) in [5, 5.41) is 0. The average Bonchev–Trinajstić information content (AvgIpc) is 2.27. The Bertz CT molecular complexity index is 409. The van der Waals surface area contributed by atoms with Crippen LogP contribution in [0.1, 0.15) is 18.1 Å². The molecule has 0 spiro atoms. The average molecular weight is 253 g/mol. The van der Waals surface area contributed by atoms with Crippen LogP contribution in [0.25, 0.3) is 0 Å². The minimum absolute atomic E-state index is 0.126. The van der Waals surface area contributed by atoms with E-state index in [0.29, 0.717) is 4.99 Å². The fourth-order valence-electron chi connectivity index (χ4n) is 1.68. The van der Waals surface area contributed by atoms with Gasteiger partial charge in [0, 0.05) is 26.9 Å². The van der Waals surface area contributed by atoms with E-state index in [1.54, 1.807) is 13.3 Å². The summed E-state index contributed by atoms with van der Waals surface area (Å²) < 4.78 is 5.24. The number of ether oxygens (including phenoxy) is 1. The zero-order chi connectivity index (χ0) is 13.0. The van der Waals surface area contributed by atoms with E-state index < -0.39 is 0 Å². The minimum atomic E-state index is 0.126. The molecule has 0 aliphatic carbocycles. The highest BCUT2D eigenvalue weighted by molar-refractivity contribution is 7.80. The molecule has 0 saturated heterocycles. The van der Waals surface area contributed by atoms with Crippen LogP contribution < -0.4 is 10.6 Å². The summed E-state index contributed by atoms with van der Waals surface area (Å²) in [4.78, 5) is 6.74. The maximum atomic E-state index is 5.75. The van der Waals surface area contributed by atoms with Crippen LogP contribution in [0.4, 0.5) is 5.82 Å². The Hall–Kier alpha value is -1.20. The summed E-state index contributed by atoms with van der Waals surface area (Å²) in [6.07, 6.45) is 1.89. The van der Waals surface area contributed by atoms with Crippen LogP contribution >= 0.6 is 12.2 Å². The summed E-state index contributed by atoms with van der Waals surface area (Å²) >= 11 is 5.08. The van der Waals surface area contributed by atoms with Gasteiger partial charge in [-0.2, -0.15) is 0 Å². The van der Waals surface area contributed by atoms with Crippen LogP contribution in [0.5, 0.6) is 0 Å². The highest BCUT2D eigenvalue weighted by Crippen LogP contribution is 2.20. The van der Waals surface area contributed by atoms with Crippen molar-refractivity contribution < 1.29 is 4.74 Å². The van der Waals surface area contributed by atoms with Gasteiger partial charge in [-0.05, 0) is 25.5 Å². The molecule has 0 aliphatic heterocycles. The van der Waals surface area contributed by atoms with Crippen LogP contribution in [-0.2, 0) is 4.74 Å². The molecule has 1 rings (SSSR count). The monoisotopic (exact) mass is 253 g/mol.